The third kappa shape index (κ3) is 3.10. The van der Waals surface area contributed by atoms with Gasteiger partial charge in [-0.1, -0.05) is 6.07 Å². The van der Waals surface area contributed by atoms with Gasteiger partial charge in [-0.15, -0.1) is 11.3 Å². The normalized spacial score (nSPS) is 33.8. The summed E-state index contributed by atoms with van der Waals surface area (Å²) in [6.07, 6.45) is -0.710. The molecule has 1 saturated heterocycles. The maximum absolute atomic E-state index is 9.82. The van der Waals surface area contributed by atoms with Crippen LogP contribution in [0.5, 0.6) is 0 Å². The van der Waals surface area contributed by atoms with Gasteiger partial charge in [-0.25, -0.2) is 0 Å². The van der Waals surface area contributed by atoms with Crippen molar-refractivity contribution in [1.29, 1.82) is 0 Å². The Morgan fingerprint density at radius 1 is 1.33 bits per heavy atom. The zero-order chi connectivity index (χ0) is 13.1. The van der Waals surface area contributed by atoms with Crippen LogP contribution in [0.2, 0.25) is 0 Å². The third-order valence-electron chi connectivity index (χ3n) is 3.68. The molecule has 0 aromatic carbocycles. The van der Waals surface area contributed by atoms with Gasteiger partial charge in [-0.05, 0) is 37.8 Å². The highest BCUT2D eigenvalue weighted by molar-refractivity contribution is 7.09. The van der Waals surface area contributed by atoms with Crippen LogP contribution in [0.15, 0.2) is 17.5 Å². The zero-order valence-electron chi connectivity index (χ0n) is 10.6. The molecule has 0 radical (unpaired) electrons. The van der Waals surface area contributed by atoms with Gasteiger partial charge in [0, 0.05) is 17.5 Å². The lowest BCUT2D eigenvalue weighted by atomic mass is 9.95. The molecule has 1 aliphatic rings. The summed E-state index contributed by atoms with van der Waals surface area (Å²) >= 11 is 1.75. The topological polar surface area (TPSA) is 63.9 Å². The largest absolute Gasteiger partial charge is 0.389 e. The van der Waals surface area contributed by atoms with Crippen LogP contribution in [0.3, 0.4) is 0 Å². The molecule has 0 amide bonds. The minimum Gasteiger partial charge on any atom is -0.389 e. The summed E-state index contributed by atoms with van der Waals surface area (Å²) in [5.74, 6) is 0. The molecule has 0 spiro atoms. The Morgan fingerprint density at radius 2 is 2.11 bits per heavy atom. The van der Waals surface area contributed by atoms with E-state index in [9.17, 15) is 15.3 Å². The van der Waals surface area contributed by atoms with Gasteiger partial charge in [0.25, 0.3) is 0 Å². The molecule has 0 unspecified atom stereocenters. The van der Waals surface area contributed by atoms with Crippen molar-refractivity contribution in [2.45, 2.75) is 44.1 Å². The third-order valence-corrected chi connectivity index (χ3v) is 4.62. The van der Waals surface area contributed by atoms with E-state index in [-0.39, 0.29) is 6.04 Å². The van der Waals surface area contributed by atoms with Crippen LogP contribution in [0.25, 0.3) is 0 Å². The minimum atomic E-state index is -1.02. The van der Waals surface area contributed by atoms with Gasteiger partial charge in [0.15, 0.2) is 0 Å². The first-order valence-electron chi connectivity index (χ1n) is 6.40. The summed E-state index contributed by atoms with van der Waals surface area (Å²) in [4.78, 5) is 3.41. The van der Waals surface area contributed by atoms with Gasteiger partial charge >= 0.3 is 0 Å². The molecule has 2 heterocycles. The number of aliphatic hydroxyl groups excluding tert-OH is 3. The van der Waals surface area contributed by atoms with Crippen LogP contribution >= 0.6 is 11.3 Å². The van der Waals surface area contributed by atoms with Gasteiger partial charge in [0.2, 0.25) is 0 Å². The van der Waals surface area contributed by atoms with Gasteiger partial charge in [0.05, 0.1) is 12.2 Å². The van der Waals surface area contributed by atoms with E-state index in [0.717, 1.165) is 19.4 Å². The summed E-state index contributed by atoms with van der Waals surface area (Å²) in [5, 5.41) is 31.1. The highest BCUT2D eigenvalue weighted by Crippen LogP contribution is 2.19. The molecule has 102 valence electrons. The number of aliphatic hydroxyl groups is 3. The lowest BCUT2D eigenvalue weighted by Gasteiger charge is -2.42. The summed E-state index contributed by atoms with van der Waals surface area (Å²) in [5.41, 5.74) is 0. The van der Waals surface area contributed by atoms with Crippen molar-refractivity contribution in [2.75, 3.05) is 13.1 Å². The van der Waals surface area contributed by atoms with Crippen molar-refractivity contribution in [3.63, 3.8) is 0 Å². The summed E-state index contributed by atoms with van der Waals surface area (Å²) in [6.45, 7) is 3.16. The fourth-order valence-electron chi connectivity index (χ4n) is 2.45. The number of piperidine rings is 1. The maximum Gasteiger partial charge on any atom is 0.108 e. The molecule has 5 heteroatoms. The number of aryl methyl sites for hydroxylation is 1. The highest BCUT2D eigenvalue weighted by Gasteiger charge is 2.38. The first-order valence-corrected chi connectivity index (χ1v) is 7.28. The van der Waals surface area contributed by atoms with E-state index in [1.807, 2.05) is 13.0 Å². The van der Waals surface area contributed by atoms with Gasteiger partial charge in [-0.2, -0.15) is 0 Å². The molecule has 3 N–H and O–H groups in total. The molecule has 2 rings (SSSR count). The molecule has 1 aromatic rings. The van der Waals surface area contributed by atoms with Crippen molar-refractivity contribution in [2.24, 2.45) is 0 Å². The van der Waals surface area contributed by atoms with Gasteiger partial charge < -0.3 is 15.3 Å². The smallest absolute Gasteiger partial charge is 0.108 e. The molecule has 0 aliphatic carbocycles. The predicted molar refractivity (Wildman–Crippen MR) is 71.7 cm³/mol. The van der Waals surface area contributed by atoms with Gasteiger partial charge in [0.1, 0.15) is 6.10 Å². The van der Waals surface area contributed by atoms with Crippen molar-refractivity contribution in [3.05, 3.63) is 22.4 Å². The summed E-state index contributed by atoms with van der Waals surface area (Å²) in [7, 11) is 0. The molecular formula is C13H21NO3S. The van der Waals surface area contributed by atoms with Crippen LogP contribution in [0, 0.1) is 0 Å². The molecule has 18 heavy (non-hydrogen) atoms. The van der Waals surface area contributed by atoms with E-state index >= 15 is 0 Å². The van der Waals surface area contributed by atoms with Gasteiger partial charge in [-0.3, -0.25) is 4.90 Å². The Balaban J connectivity index is 1.81. The quantitative estimate of drug-likeness (QED) is 0.745. The number of hydrogen-bond donors (Lipinski definition) is 3. The first-order chi connectivity index (χ1) is 8.59. The average Bonchev–Trinajstić information content (AvgIpc) is 2.86. The molecule has 0 saturated carbocycles. The molecule has 1 aromatic heterocycles. The van der Waals surface area contributed by atoms with E-state index in [0.29, 0.717) is 6.54 Å². The van der Waals surface area contributed by atoms with Crippen LogP contribution in [0.1, 0.15) is 18.2 Å². The summed E-state index contributed by atoms with van der Waals surface area (Å²) in [6, 6.07) is 4.07. The molecule has 1 fully saturated rings. The van der Waals surface area contributed by atoms with Crippen molar-refractivity contribution in [1.82, 2.24) is 4.90 Å². The Hall–Kier alpha value is -0.460. The second kappa shape index (κ2) is 6.12. The number of hydrogen-bond acceptors (Lipinski definition) is 5. The summed E-state index contributed by atoms with van der Waals surface area (Å²) < 4.78 is 0. The molecule has 0 bridgehead atoms. The van der Waals surface area contributed by atoms with Crippen molar-refractivity contribution in [3.8, 4) is 0 Å². The molecule has 1 aliphatic heterocycles. The van der Waals surface area contributed by atoms with E-state index in [2.05, 4.69) is 16.3 Å². The molecular weight excluding hydrogens is 250 g/mol. The van der Waals surface area contributed by atoms with E-state index in [1.165, 1.54) is 4.88 Å². The zero-order valence-corrected chi connectivity index (χ0v) is 11.4. The van der Waals surface area contributed by atoms with E-state index in [1.54, 1.807) is 11.3 Å². The second-order valence-electron chi connectivity index (χ2n) is 4.97. The maximum atomic E-state index is 9.82. The Morgan fingerprint density at radius 3 is 2.78 bits per heavy atom. The molecule has 4 nitrogen and oxygen atoms in total. The Kier molecular flexibility index (Phi) is 4.75. The lowest BCUT2D eigenvalue weighted by molar-refractivity contribution is -0.133. The number of nitrogens with zero attached hydrogens (tertiary/aromatic N) is 1. The fourth-order valence-corrected chi connectivity index (χ4v) is 3.20. The fraction of sp³-hybridized carbons (Fsp3) is 0.692. The predicted octanol–water partition coefficient (Wildman–Crippen LogP) is 0.467. The first kappa shape index (κ1) is 14.0. The van der Waals surface area contributed by atoms with Crippen LogP contribution < -0.4 is 0 Å². The number of rotatable bonds is 4. The van der Waals surface area contributed by atoms with Crippen LogP contribution in [-0.2, 0) is 6.42 Å². The SMILES string of the molecule is C[C@@H]1[C@@H](O)[C@H](O)[C@@H](O)CN1CCCc1cccs1. The Labute approximate surface area is 111 Å². The minimum absolute atomic E-state index is 0.105. The average molecular weight is 271 g/mol. The lowest BCUT2D eigenvalue weighted by Crippen LogP contribution is -2.60. The second-order valence-corrected chi connectivity index (χ2v) is 6.00. The molecule has 4 atom stereocenters. The highest BCUT2D eigenvalue weighted by atomic mass is 32.1. The Bertz CT molecular complexity index is 357. The van der Waals surface area contributed by atoms with E-state index in [4.69, 9.17) is 0 Å². The number of likely N-dealkylation sites (tertiary alicyclic amines) is 1. The number of thiophene rings is 1. The standard InChI is InChI=1S/C13H21NO3S/c1-9-12(16)13(17)11(15)8-14(9)6-2-4-10-5-3-7-18-10/h3,5,7,9,11-13,15-17H,2,4,6,8H2,1H3/t9-,11+,12-,13-/m1/s1. The van der Waals surface area contributed by atoms with Crippen LogP contribution in [0.4, 0.5) is 0 Å². The monoisotopic (exact) mass is 271 g/mol. The van der Waals surface area contributed by atoms with Crippen molar-refractivity contribution >= 4 is 11.3 Å². The number of β-amino-alcohol motifs (C(OH)–C–C–N with tert-alkyl or cyclic N) is 1. The van der Waals surface area contributed by atoms with Crippen molar-refractivity contribution < 1.29 is 15.3 Å². The van der Waals surface area contributed by atoms with E-state index < -0.39 is 18.3 Å². The van der Waals surface area contributed by atoms with Crippen LogP contribution in [-0.4, -0.2) is 57.7 Å².